The van der Waals surface area contributed by atoms with Crippen molar-refractivity contribution in [3.8, 4) is 23.6 Å². The van der Waals surface area contributed by atoms with Gasteiger partial charge in [-0.3, -0.25) is 91.9 Å². The van der Waals surface area contributed by atoms with Crippen molar-refractivity contribution < 1.29 is 132 Å². The van der Waals surface area contributed by atoms with E-state index >= 15 is 0 Å². The van der Waals surface area contributed by atoms with Crippen LogP contribution in [0, 0.1) is 22.7 Å². The molecule has 5 heterocycles. The van der Waals surface area contributed by atoms with E-state index in [2.05, 4.69) is 52.5 Å². The Hall–Kier alpha value is -11.7. The molecule has 2 aromatic carbocycles. The van der Waals surface area contributed by atoms with Crippen molar-refractivity contribution in [3.63, 3.8) is 0 Å². The largest absolute Gasteiger partial charge is 0.494 e. The highest BCUT2D eigenvalue weighted by Gasteiger charge is 2.48. The second-order valence-electron chi connectivity index (χ2n) is 30.2. The number of unbranched alkanes of at least 4 members (excludes halogenated alkanes) is 2. The maximum absolute atomic E-state index is 13.9. The molecule has 7 rings (SSSR count). The molecule has 42 nitrogen and oxygen atoms in total. The summed E-state index contributed by atoms with van der Waals surface area (Å²) in [5, 5.41) is 50.4. The van der Waals surface area contributed by atoms with Gasteiger partial charge in [-0.05, 0) is 80.6 Å². The van der Waals surface area contributed by atoms with Gasteiger partial charge < -0.3 is 105 Å². The van der Waals surface area contributed by atoms with Crippen LogP contribution in [0.15, 0.2) is 60.9 Å². The first-order chi connectivity index (χ1) is 62.7. The van der Waals surface area contributed by atoms with Gasteiger partial charge in [0.05, 0.1) is 166 Å². The molecule has 0 aliphatic carbocycles. The monoisotopic (exact) mass is 1840 g/mol. The number of fused-ring (bicyclic) bond motifs is 2. The molecule has 3 aliphatic rings. The molecule has 2 aromatic heterocycles. The molecule has 46 heteroatoms. The number of hydrogen-bond donors (Lipinski definition) is 9. The molecule has 3 aliphatic heterocycles. The summed E-state index contributed by atoms with van der Waals surface area (Å²) >= 11 is 0. The fourth-order valence-electron chi connectivity index (χ4n) is 13.5. The van der Waals surface area contributed by atoms with Crippen molar-refractivity contribution in [1.82, 2.24) is 81.9 Å². The number of aromatic nitrogens is 2. The number of nitrogens with one attached hydrogen (secondary N) is 8. The highest BCUT2D eigenvalue weighted by molar-refractivity contribution is 6.08. The lowest BCUT2D eigenvalue weighted by Gasteiger charge is -2.33. The average molecular weight is 1840 g/mol. The minimum atomic E-state index is -3.20. The third-order valence-corrected chi connectivity index (χ3v) is 20.4. The van der Waals surface area contributed by atoms with Crippen molar-refractivity contribution in [3.05, 3.63) is 72.1 Å². The van der Waals surface area contributed by atoms with Crippen molar-refractivity contribution in [2.45, 2.75) is 101 Å². The van der Waals surface area contributed by atoms with E-state index in [0.29, 0.717) is 137 Å². The topological polar surface area (TPSA) is 523 Å². The van der Waals surface area contributed by atoms with Crippen LogP contribution < -0.4 is 52.0 Å². The number of carbonyl (C=O) groups is 13. The third kappa shape index (κ3) is 40.5. The van der Waals surface area contributed by atoms with E-state index in [1.54, 1.807) is 53.4 Å². The number of carbonyl (C=O) groups excluding carboxylic acids is 12. The predicted octanol–water partition coefficient (Wildman–Crippen LogP) is -0.537. The average Bonchev–Trinajstić information content (AvgIpc) is 1.31. The highest BCUT2D eigenvalue weighted by Crippen LogP contribution is 2.33. The van der Waals surface area contributed by atoms with Gasteiger partial charge in [-0.15, -0.1) is 0 Å². The molecule has 0 saturated carbocycles. The summed E-state index contributed by atoms with van der Waals surface area (Å²) in [7, 11) is 0. The Kier molecular flexibility index (Phi) is 47.6. The number of amides is 10. The molecular formula is C84H116F4N18O24. The molecule has 0 unspecified atom stereocenters. The number of alkyl halides is 4. The number of likely N-dealkylation sites (tertiary alicyclic amines) is 2. The van der Waals surface area contributed by atoms with E-state index < -0.39 is 116 Å². The number of halogens is 4. The maximum Gasteiger partial charge on any atom is 0.317 e. The molecule has 0 radical (unpaired) electrons. The van der Waals surface area contributed by atoms with Gasteiger partial charge in [0, 0.05) is 147 Å². The minimum Gasteiger partial charge on any atom is -0.494 e. The lowest BCUT2D eigenvalue weighted by molar-refractivity contribution is -0.139. The second kappa shape index (κ2) is 58.7. The molecule has 3 saturated heterocycles. The Bertz CT molecular complexity index is 4410. The number of nitrogens with zero attached hydrogens (tertiary/aromatic N) is 10. The fourth-order valence-corrected chi connectivity index (χ4v) is 13.5. The smallest absolute Gasteiger partial charge is 0.317 e. The van der Waals surface area contributed by atoms with Crippen molar-refractivity contribution >= 4 is 99.8 Å². The van der Waals surface area contributed by atoms with Gasteiger partial charge >= 0.3 is 5.97 Å². The Morgan fingerprint density at radius 3 is 1.26 bits per heavy atom. The van der Waals surface area contributed by atoms with Crippen molar-refractivity contribution in [2.24, 2.45) is 0 Å². The van der Waals surface area contributed by atoms with E-state index in [4.69, 9.17) is 47.4 Å². The van der Waals surface area contributed by atoms with E-state index in [9.17, 15) is 95.5 Å². The number of nitriles is 2. The van der Waals surface area contributed by atoms with Crippen LogP contribution in [-0.4, -0.2) is 383 Å². The van der Waals surface area contributed by atoms with Crippen LogP contribution in [0.4, 0.5) is 17.6 Å². The highest BCUT2D eigenvalue weighted by atomic mass is 19.3. The summed E-state index contributed by atoms with van der Waals surface area (Å²) in [6.07, 6.45) is 3.27. The molecule has 130 heavy (non-hydrogen) atoms. The summed E-state index contributed by atoms with van der Waals surface area (Å²) in [4.78, 5) is 181. The number of carboxylic acids is 1. The third-order valence-electron chi connectivity index (χ3n) is 20.4. The number of rotatable bonds is 60. The molecular weight excluding hydrogens is 1720 g/mol. The van der Waals surface area contributed by atoms with Crippen LogP contribution in [0.25, 0.3) is 21.8 Å². The van der Waals surface area contributed by atoms with E-state index in [-0.39, 0.29) is 200 Å². The Labute approximate surface area is 748 Å². The standard InChI is InChI=1S/C84H116F4N18O24/c85-83(86)47-61(49-89)105(55-83)77(114)51-98-80(118)65-11-18-91-69-7-5-63(45-67(65)69)129-31-3-1-16-93-73(110)13-33-121-39-42-124-36-20-95-72(109)10-9-71(100-75(112)15-35-123-41-43-125-37-21-96-76(113)53-101-23-24-102(54-79(116)117)26-28-104(58-128-60-108)30-29-103(27-25-101)57-127-59-107)82(120)97-22-38-126-44-40-122-34-14-74(111)94-17-2-4-32-130-64-6-8-70-68(46-64)66(12-19-92-70)81(119)99-52-78(115)106-56-84(87,88)48-62(106)50-90/h5-8,11-12,18-19,45-46,59-62,71H,1-4,9-10,13-17,20-44,47-48,51-58H2,(H,93,110)(H,94,111)(H,95,109)(H,96,113)(H,97,120)(H,98,118)(H,99,119)(H,100,112)(H,116,117)/t61-,62+,71-/m0/s1. The zero-order valence-electron chi connectivity index (χ0n) is 72.5. The van der Waals surface area contributed by atoms with Gasteiger partial charge in [0.1, 0.15) is 43.1 Å². The molecule has 3 atom stereocenters. The predicted molar refractivity (Wildman–Crippen MR) is 452 cm³/mol. The van der Waals surface area contributed by atoms with E-state index in [0.717, 1.165) is 9.80 Å². The van der Waals surface area contributed by atoms with Gasteiger partial charge in [-0.2, -0.15) is 10.5 Å². The Morgan fingerprint density at radius 1 is 0.454 bits per heavy atom. The first-order valence-corrected chi connectivity index (χ1v) is 42.8. The zero-order chi connectivity index (χ0) is 93.7. The number of hydrogen-bond acceptors (Lipinski definition) is 31. The lowest BCUT2D eigenvalue weighted by atomic mass is 10.1. The molecule has 0 spiro atoms. The summed E-state index contributed by atoms with van der Waals surface area (Å²) in [6.45, 7) is 3.02. The molecule has 0 bridgehead atoms. The van der Waals surface area contributed by atoms with Crippen LogP contribution >= 0.6 is 0 Å². The van der Waals surface area contributed by atoms with Crippen LogP contribution in [0.5, 0.6) is 11.5 Å². The van der Waals surface area contributed by atoms with Gasteiger partial charge in [-0.25, -0.2) is 17.6 Å². The summed E-state index contributed by atoms with van der Waals surface area (Å²) in [5.41, 5.74) is 1.26. The molecule has 714 valence electrons. The normalized spacial score (nSPS) is 16.3. The number of pyridine rings is 2. The van der Waals surface area contributed by atoms with Crippen molar-refractivity contribution in [2.75, 3.05) is 230 Å². The SMILES string of the molecule is N#C[C@@H]1CC(F)(F)CN1C(=O)CNC(=O)c1ccnc2ccc(OCCCCNC(=O)CCOCCOCCNC(=O)CC[C@H](NC(=O)CCOCCOCCNC(=O)CN3CCN(COC=O)CCN(COC=O)CCN(CC(=O)O)CC3)C(=O)NCCOCCOCCC(=O)NCCCCOc3ccc4nccc(C(=O)NCC(=O)N5CC(F)(F)C[C@@H]5C#N)c4c3)cc12. The first-order valence-electron chi connectivity index (χ1n) is 42.8. The first kappa shape index (κ1) is 105. The summed E-state index contributed by atoms with van der Waals surface area (Å²) < 4.78 is 111. The van der Waals surface area contributed by atoms with Gasteiger partial charge in [0.2, 0.25) is 47.3 Å². The number of benzene rings is 2. The molecule has 10 amide bonds. The lowest BCUT2D eigenvalue weighted by Crippen LogP contribution is -2.49. The van der Waals surface area contributed by atoms with Crippen LogP contribution in [0.2, 0.25) is 0 Å². The number of ether oxygens (including phenoxy) is 10. The maximum atomic E-state index is 13.9. The molecule has 4 aromatic rings. The molecule has 3 fully saturated rings. The van der Waals surface area contributed by atoms with Crippen LogP contribution in [0.1, 0.15) is 91.3 Å². The van der Waals surface area contributed by atoms with E-state index in [1.165, 1.54) is 24.5 Å². The van der Waals surface area contributed by atoms with Crippen molar-refractivity contribution in [1.29, 1.82) is 10.5 Å². The second-order valence-corrected chi connectivity index (χ2v) is 30.2. The Morgan fingerprint density at radius 2 is 0.838 bits per heavy atom. The van der Waals surface area contributed by atoms with Gasteiger partial charge in [0.25, 0.3) is 36.6 Å². The fraction of sp³-hybridized carbons (Fsp3) is 0.607. The van der Waals surface area contributed by atoms with E-state index in [1.807, 2.05) is 14.7 Å². The summed E-state index contributed by atoms with van der Waals surface area (Å²) in [6, 6.07) is 12.4. The van der Waals surface area contributed by atoms with Gasteiger partial charge in [0.15, 0.2) is 0 Å². The zero-order valence-corrected chi connectivity index (χ0v) is 72.5. The molecule has 9 N–H and O–H groups in total. The number of aliphatic carboxylic acids is 1. The quantitative estimate of drug-likeness (QED) is 0.0152. The van der Waals surface area contributed by atoms with Crippen LogP contribution in [0.3, 0.4) is 0 Å². The summed E-state index contributed by atoms with van der Waals surface area (Å²) in [5.74, 6) is -11.9. The van der Waals surface area contributed by atoms with Crippen LogP contribution in [-0.2, 0) is 90.6 Å². The van der Waals surface area contributed by atoms with Gasteiger partial charge in [-0.1, -0.05) is 0 Å². The Balaban J connectivity index is 0.746. The minimum absolute atomic E-state index is 0.00955. The number of carboxylic acid groups (broad SMARTS) is 1.